The van der Waals surface area contributed by atoms with E-state index in [2.05, 4.69) is 13.2 Å². The van der Waals surface area contributed by atoms with E-state index in [0.29, 0.717) is 12.0 Å². The Morgan fingerprint density at radius 2 is 2.18 bits per heavy atom. The van der Waals surface area contributed by atoms with Crippen molar-refractivity contribution in [2.75, 3.05) is 6.61 Å². The molecule has 0 aromatic heterocycles. The van der Waals surface area contributed by atoms with Crippen LogP contribution in [0.15, 0.2) is 24.8 Å². The molecular formula is C12H16O5. The van der Waals surface area contributed by atoms with Crippen molar-refractivity contribution in [3.05, 3.63) is 24.8 Å². The molecule has 0 spiro atoms. The second-order valence-corrected chi connectivity index (χ2v) is 3.87. The zero-order valence-corrected chi connectivity index (χ0v) is 10.0. The molecule has 0 saturated carbocycles. The van der Waals surface area contributed by atoms with Crippen LogP contribution in [0.25, 0.3) is 0 Å². The van der Waals surface area contributed by atoms with E-state index < -0.39 is 23.8 Å². The monoisotopic (exact) mass is 240 g/mol. The first kappa shape index (κ1) is 13.4. The molecule has 94 valence electrons. The molecule has 5 nitrogen and oxygen atoms in total. The van der Waals surface area contributed by atoms with E-state index in [-0.39, 0.29) is 6.61 Å². The third-order valence-corrected chi connectivity index (χ3v) is 2.50. The molecule has 2 unspecified atom stereocenters. The van der Waals surface area contributed by atoms with Gasteiger partial charge in [-0.25, -0.2) is 9.59 Å². The Kier molecular flexibility index (Phi) is 4.07. The van der Waals surface area contributed by atoms with Crippen molar-refractivity contribution in [3.63, 3.8) is 0 Å². The molecule has 0 aromatic carbocycles. The highest BCUT2D eigenvalue weighted by Gasteiger charge is 2.59. The molecule has 1 aliphatic rings. The van der Waals surface area contributed by atoms with Gasteiger partial charge in [0, 0.05) is 11.6 Å². The van der Waals surface area contributed by atoms with Crippen LogP contribution in [0.4, 0.5) is 0 Å². The highest BCUT2D eigenvalue weighted by atomic mass is 16.8. The van der Waals surface area contributed by atoms with Gasteiger partial charge in [-0.15, -0.1) is 0 Å². The lowest BCUT2D eigenvalue weighted by atomic mass is 10.1. The van der Waals surface area contributed by atoms with Crippen molar-refractivity contribution < 1.29 is 23.8 Å². The number of hydrogen-bond donors (Lipinski definition) is 0. The van der Waals surface area contributed by atoms with Crippen molar-refractivity contribution in [3.8, 4) is 0 Å². The number of rotatable bonds is 6. The van der Waals surface area contributed by atoms with Gasteiger partial charge in [0.25, 0.3) is 0 Å². The van der Waals surface area contributed by atoms with E-state index in [4.69, 9.17) is 14.2 Å². The van der Waals surface area contributed by atoms with E-state index >= 15 is 0 Å². The predicted octanol–water partition coefficient (Wildman–Crippen LogP) is 1.34. The van der Waals surface area contributed by atoms with Gasteiger partial charge in [0.15, 0.2) is 5.60 Å². The number of epoxide rings is 1. The molecule has 1 fully saturated rings. The highest BCUT2D eigenvalue weighted by Crippen LogP contribution is 2.40. The lowest BCUT2D eigenvalue weighted by Crippen LogP contribution is -2.26. The summed E-state index contributed by atoms with van der Waals surface area (Å²) in [6.07, 6.45) is 0.962. The molecule has 0 N–H and O–H groups in total. The molecule has 1 aliphatic heterocycles. The molecule has 0 radical (unpaired) electrons. The van der Waals surface area contributed by atoms with Crippen molar-refractivity contribution >= 4 is 11.9 Å². The maximum atomic E-state index is 11.2. The van der Waals surface area contributed by atoms with Gasteiger partial charge in [-0.2, -0.15) is 0 Å². The second kappa shape index (κ2) is 5.14. The van der Waals surface area contributed by atoms with Crippen molar-refractivity contribution in [1.29, 1.82) is 0 Å². The first-order valence-corrected chi connectivity index (χ1v) is 5.28. The molecule has 0 aromatic rings. The topological polar surface area (TPSA) is 65.1 Å². The number of carbonyl (C=O) groups excluding carboxylic acids is 2. The van der Waals surface area contributed by atoms with Crippen LogP contribution >= 0.6 is 0 Å². The molecule has 1 rings (SSSR count). The van der Waals surface area contributed by atoms with Crippen molar-refractivity contribution in [1.82, 2.24) is 0 Å². The average Bonchev–Trinajstić information content (AvgIpc) is 2.99. The Morgan fingerprint density at radius 1 is 1.53 bits per heavy atom. The van der Waals surface area contributed by atoms with Crippen LogP contribution < -0.4 is 0 Å². The van der Waals surface area contributed by atoms with E-state index in [0.717, 1.165) is 6.08 Å². The summed E-state index contributed by atoms with van der Waals surface area (Å²) in [5, 5.41) is 0. The molecule has 0 amide bonds. The first-order valence-electron chi connectivity index (χ1n) is 5.28. The Balaban J connectivity index is 2.45. The van der Waals surface area contributed by atoms with Gasteiger partial charge in [-0.3, -0.25) is 0 Å². The Hall–Kier alpha value is -1.62. The van der Waals surface area contributed by atoms with Gasteiger partial charge < -0.3 is 14.2 Å². The fourth-order valence-corrected chi connectivity index (χ4v) is 1.23. The molecular weight excluding hydrogens is 224 g/mol. The fourth-order valence-electron chi connectivity index (χ4n) is 1.23. The number of ether oxygens (including phenoxy) is 3. The van der Waals surface area contributed by atoms with Crippen molar-refractivity contribution in [2.45, 2.75) is 32.2 Å². The van der Waals surface area contributed by atoms with E-state index in [9.17, 15) is 9.59 Å². The molecule has 0 bridgehead atoms. The molecule has 2 atom stereocenters. The van der Waals surface area contributed by atoms with E-state index in [1.54, 1.807) is 6.92 Å². The standard InChI is InChI=1S/C12H16O5/c1-5-9(13)16-11-12(6-2,17-11)7-15-10(14)8(3)4/h5,11H,1,3,6-7H2,2,4H3. The summed E-state index contributed by atoms with van der Waals surface area (Å²) in [6, 6.07) is 0. The zero-order valence-electron chi connectivity index (χ0n) is 10.0. The molecule has 1 saturated heterocycles. The maximum absolute atomic E-state index is 11.2. The summed E-state index contributed by atoms with van der Waals surface area (Å²) in [4.78, 5) is 22.2. The quantitative estimate of drug-likeness (QED) is 0.398. The van der Waals surface area contributed by atoms with Crippen LogP contribution in [0, 0.1) is 0 Å². The predicted molar refractivity (Wildman–Crippen MR) is 60.0 cm³/mol. The Bertz CT molecular complexity index is 360. The highest BCUT2D eigenvalue weighted by molar-refractivity contribution is 5.87. The summed E-state index contributed by atoms with van der Waals surface area (Å²) in [5.74, 6) is -1.04. The third-order valence-electron chi connectivity index (χ3n) is 2.50. The fraction of sp³-hybridized carbons (Fsp3) is 0.500. The largest absolute Gasteiger partial charge is 0.459 e. The van der Waals surface area contributed by atoms with Gasteiger partial charge in [0.1, 0.15) is 6.61 Å². The van der Waals surface area contributed by atoms with Crippen LogP contribution in [0.2, 0.25) is 0 Å². The van der Waals surface area contributed by atoms with Gasteiger partial charge in [-0.1, -0.05) is 20.1 Å². The lowest BCUT2D eigenvalue weighted by molar-refractivity contribution is -0.142. The molecule has 0 aliphatic carbocycles. The van der Waals surface area contributed by atoms with Crippen molar-refractivity contribution in [2.24, 2.45) is 0 Å². The van der Waals surface area contributed by atoms with Crippen LogP contribution in [-0.2, 0) is 23.8 Å². The Labute approximate surface area is 100 Å². The minimum Gasteiger partial charge on any atom is -0.459 e. The average molecular weight is 240 g/mol. The molecule has 5 heteroatoms. The number of esters is 2. The first-order chi connectivity index (χ1) is 7.95. The number of carbonyl (C=O) groups is 2. The van der Waals surface area contributed by atoms with Crippen LogP contribution in [0.5, 0.6) is 0 Å². The minimum atomic E-state index is -0.718. The zero-order chi connectivity index (χ0) is 13.1. The van der Waals surface area contributed by atoms with E-state index in [1.165, 1.54) is 0 Å². The van der Waals surface area contributed by atoms with Crippen LogP contribution in [-0.4, -0.2) is 30.4 Å². The molecule has 17 heavy (non-hydrogen) atoms. The summed E-state index contributed by atoms with van der Waals surface area (Å²) < 4.78 is 15.2. The van der Waals surface area contributed by atoms with Gasteiger partial charge in [0.05, 0.1) is 0 Å². The molecule has 1 heterocycles. The number of hydrogen-bond acceptors (Lipinski definition) is 5. The smallest absolute Gasteiger partial charge is 0.333 e. The lowest BCUT2D eigenvalue weighted by Gasteiger charge is -2.10. The van der Waals surface area contributed by atoms with Crippen LogP contribution in [0.1, 0.15) is 20.3 Å². The van der Waals surface area contributed by atoms with Gasteiger partial charge in [0.2, 0.25) is 6.29 Å². The minimum absolute atomic E-state index is 0.0459. The van der Waals surface area contributed by atoms with E-state index in [1.807, 2.05) is 6.92 Å². The summed E-state index contributed by atoms with van der Waals surface area (Å²) >= 11 is 0. The summed E-state index contributed by atoms with van der Waals surface area (Å²) in [5.41, 5.74) is -0.402. The summed E-state index contributed by atoms with van der Waals surface area (Å²) in [6.45, 7) is 10.2. The van der Waals surface area contributed by atoms with Crippen LogP contribution in [0.3, 0.4) is 0 Å². The third kappa shape index (κ3) is 3.17. The second-order valence-electron chi connectivity index (χ2n) is 3.87. The maximum Gasteiger partial charge on any atom is 0.333 e. The normalized spacial score (nSPS) is 25.9. The SMILES string of the molecule is C=CC(=O)OC1OC1(CC)COC(=O)C(=C)C. The summed E-state index contributed by atoms with van der Waals surface area (Å²) in [7, 11) is 0. The van der Waals surface area contributed by atoms with Gasteiger partial charge in [-0.05, 0) is 13.3 Å². The van der Waals surface area contributed by atoms with Gasteiger partial charge >= 0.3 is 11.9 Å². The Morgan fingerprint density at radius 3 is 2.65 bits per heavy atom.